The van der Waals surface area contributed by atoms with Gasteiger partial charge in [0.2, 0.25) is 0 Å². The first-order chi connectivity index (χ1) is 12.6. The second-order valence-corrected chi connectivity index (χ2v) is 6.71. The quantitative estimate of drug-likeness (QED) is 0.447. The van der Waals surface area contributed by atoms with Gasteiger partial charge in [0, 0.05) is 17.0 Å². The second kappa shape index (κ2) is 12.1. The zero-order valence-corrected chi connectivity index (χ0v) is 16.9. The molecule has 0 bridgehead atoms. The Morgan fingerprint density at radius 2 is 1.42 bits per heavy atom. The Labute approximate surface area is 159 Å². The van der Waals surface area contributed by atoms with E-state index in [9.17, 15) is 4.57 Å². The van der Waals surface area contributed by atoms with Crippen LogP contribution >= 0.6 is 8.46 Å². The predicted octanol–water partition coefficient (Wildman–Crippen LogP) is 6.52. The molecule has 2 aromatic rings. The summed E-state index contributed by atoms with van der Waals surface area (Å²) in [5.41, 5.74) is 8.45. The smallest absolute Gasteiger partial charge is 0.158 e. The molecule has 0 saturated heterocycles. The van der Waals surface area contributed by atoms with E-state index in [0.29, 0.717) is 5.82 Å². The van der Waals surface area contributed by atoms with Gasteiger partial charge in [-0.2, -0.15) is 0 Å². The first-order valence-corrected chi connectivity index (χ1v) is 9.88. The Kier molecular flexibility index (Phi) is 10.0. The summed E-state index contributed by atoms with van der Waals surface area (Å²) in [5.74, 6) is 0.846. The second-order valence-electron chi connectivity index (χ2n) is 5.69. The minimum atomic E-state index is 0.0928. The highest BCUT2D eigenvalue weighted by Crippen LogP contribution is 2.27. The maximum atomic E-state index is 10.9. The van der Waals surface area contributed by atoms with E-state index < -0.39 is 0 Å². The lowest BCUT2D eigenvalue weighted by Gasteiger charge is -2.25. The highest BCUT2D eigenvalue weighted by Gasteiger charge is 2.11. The number of anilines is 2. The van der Waals surface area contributed by atoms with Crippen LogP contribution in [0.25, 0.3) is 0 Å². The number of para-hydroxylation sites is 2. The van der Waals surface area contributed by atoms with Crippen LogP contribution in [-0.4, -0.2) is 5.66 Å². The molecule has 2 aromatic carbocycles. The van der Waals surface area contributed by atoms with Crippen molar-refractivity contribution in [2.24, 2.45) is 11.7 Å². The van der Waals surface area contributed by atoms with E-state index in [0.717, 1.165) is 11.4 Å². The van der Waals surface area contributed by atoms with E-state index in [1.165, 1.54) is 0 Å². The molecule has 0 aromatic heterocycles. The van der Waals surface area contributed by atoms with Gasteiger partial charge in [0.05, 0.1) is 0 Å². The molecule has 0 saturated carbocycles. The number of hydrogen-bond acceptors (Lipinski definition) is 3. The standard InChI is InChI=1S/C20H23N2OP.C2H6/c1-16(17(2)24-23)10-9-15-20(21)22(18-11-5-3-6-12-18)19-13-7-4-8-14-19;1-2/h3-17H,21H2,1-2H3;1-2H3/b10-9-,20-15+;. The first kappa shape index (κ1) is 21.7. The number of allylic oxidation sites excluding steroid dienone is 3. The van der Waals surface area contributed by atoms with Crippen molar-refractivity contribution in [3.8, 4) is 0 Å². The Morgan fingerprint density at radius 3 is 1.85 bits per heavy atom. The third-order valence-corrected chi connectivity index (χ3v) is 4.70. The summed E-state index contributed by atoms with van der Waals surface area (Å²) < 4.78 is 10.9. The number of hydrogen-bond donors (Lipinski definition) is 1. The van der Waals surface area contributed by atoms with E-state index in [1.54, 1.807) is 0 Å². The molecule has 138 valence electrons. The monoisotopic (exact) mass is 368 g/mol. The van der Waals surface area contributed by atoms with Gasteiger partial charge in [-0.05, 0) is 36.3 Å². The van der Waals surface area contributed by atoms with Gasteiger partial charge in [0.25, 0.3) is 0 Å². The maximum Gasteiger partial charge on any atom is 0.158 e. The topological polar surface area (TPSA) is 46.3 Å². The van der Waals surface area contributed by atoms with Crippen molar-refractivity contribution in [3.63, 3.8) is 0 Å². The Bertz CT molecular complexity index is 659. The van der Waals surface area contributed by atoms with Crippen LogP contribution in [0.1, 0.15) is 27.7 Å². The summed E-state index contributed by atoms with van der Waals surface area (Å²) in [5, 5.41) is 0. The number of nitrogens with two attached hydrogens (primary N) is 1. The molecule has 0 heterocycles. The van der Waals surface area contributed by atoms with Gasteiger partial charge < -0.3 is 5.73 Å². The molecule has 2 N–H and O–H groups in total. The van der Waals surface area contributed by atoms with Crippen LogP contribution in [-0.2, 0) is 4.57 Å². The number of rotatable bonds is 7. The Morgan fingerprint density at radius 1 is 0.962 bits per heavy atom. The predicted molar refractivity (Wildman–Crippen MR) is 114 cm³/mol. The Balaban J connectivity index is 0.00000163. The average Bonchev–Trinajstić information content (AvgIpc) is 2.70. The minimum absolute atomic E-state index is 0.0928. The van der Waals surface area contributed by atoms with Crippen LogP contribution in [0.2, 0.25) is 0 Å². The third-order valence-electron chi connectivity index (χ3n) is 3.90. The average molecular weight is 368 g/mol. The fourth-order valence-corrected chi connectivity index (χ4v) is 2.55. The highest BCUT2D eigenvalue weighted by molar-refractivity contribution is 7.24. The largest absolute Gasteiger partial charge is 0.385 e. The van der Waals surface area contributed by atoms with Gasteiger partial charge in [0.15, 0.2) is 8.46 Å². The summed E-state index contributed by atoms with van der Waals surface area (Å²) in [6.45, 7) is 8.00. The first-order valence-electron chi connectivity index (χ1n) is 9.00. The van der Waals surface area contributed by atoms with Crippen molar-refractivity contribution in [3.05, 3.63) is 84.7 Å². The molecule has 0 aliphatic carbocycles. The van der Waals surface area contributed by atoms with E-state index in [1.807, 2.05) is 111 Å². The Hall–Kier alpha value is -2.38. The summed E-state index contributed by atoms with van der Waals surface area (Å²) >= 11 is 0. The SMILES string of the molecule is CC.CC(/C=C\C=C(/N)N(c1ccccc1)c1ccccc1)C(C)P=O. The van der Waals surface area contributed by atoms with Gasteiger partial charge in [-0.1, -0.05) is 76.2 Å². The van der Waals surface area contributed by atoms with E-state index >= 15 is 0 Å². The molecular weight excluding hydrogens is 339 g/mol. The zero-order chi connectivity index (χ0) is 19.4. The molecule has 3 nitrogen and oxygen atoms in total. The van der Waals surface area contributed by atoms with Crippen LogP contribution in [0.3, 0.4) is 0 Å². The summed E-state index contributed by atoms with van der Waals surface area (Å²) in [6.07, 6.45) is 5.84. The molecule has 0 fully saturated rings. The molecule has 0 aliphatic rings. The van der Waals surface area contributed by atoms with E-state index in [-0.39, 0.29) is 20.0 Å². The molecule has 0 amide bonds. The van der Waals surface area contributed by atoms with Crippen molar-refractivity contribution in [2.75, 3.05) is 4.90 Å². The van der Waals surface area contributed by atoms with E-state index in [4.69, 9.17) is 5.73 Å². The molecule has 0 aliphatic heterocycles. The fraction of sp³-hybridized carbons (Fsp3) is 0.273. The van der Waals surface area contributed by atoms with Crippen LogP contribution < -0.4 is 10.6 Å². The van der Waals surface area contributed by atoms with Crippen LogP contribution in [0.4, 0.5) is 11.4 Å². The van der Waals surface area contributed by atoms with Crippen LogP contribution in [0, 0.1) is 5.92 Å². The number of nitrogens with zero attached hydrogens (tertiary/aromatic N) is 1. The summed E-state index contributed by atoms with van der Waals surface area (Å²) in [6, 6.07) is 20.0. The fourth-order valence-electron chi connectivity index (χ4n) is 2.26. The third kappa shape index (κ3) is 6.50. The van der Waals surface area contributed by atoms with Gasteiger partial charge in [-0.15, -0.1) is 0 Å². The molecule has 26 heavy (non-hydrogen) atoms. The lowest BCUT2D eigenvalue weighted by atomic mass is 10.1. The van der Waals surface area contributed by atoms with Crippen LogP contribution in [0.15, 0.2) is 84.7 Å². The molecule has 2 atom stereocenters. The lowest BCUT2D eigenvalue weighted by Crippen LogP contribution is -2.22. The summed E-state index contributed by atoms with van der Waals surface area (Å²) in [4.78, 5) is 2.00. The zero-order valence-electron chi connectivity index (χ0n) is 16.0. The highest BCUT2D eigenvalue weighted by atomic mass is 31.1. The van der Waals surface area contributed by atoms with Gasteiger partial charge in [-0.25, -0.2) is 0 Å². The molecule has 0 spiro atoms. The molecule has 0 radical (unpaired) electrons. The lowest BCUT2D eigenvalue weighted by molar-refractivity contribution is 0.580. The molecular formula is C22H29N2OP. The van der Waals surface area contributed by atoms with Crippen molar-refractivity contribution in [2.45, 2.75) is 33.4 Å². The van der Waals surface area contributed by atoms with Crippen molar-refractivity contribution < 1.29 is 4.57 Å². The van der Waals surface area contributed by atoms with Gasteiger partial charge in [0.1, 0.15) is 5.82 Å². The van der Waals surface area contributed by atoms with Crippen molar-refractivity contribution >= 4 is 19.8 Å². The molecule has 2 rings (SSSR count). The molecule has 4 heteroatoms. The normalized spacial score (nSPS) is 13.8. The minimum Gasteiger partial charge on any atom is -0.385 e. The van der Waals surface area contributed by atoms with Gasteiger partial charge >= 0.3 is 0 Å². The van der Waals surface area contributed by atoms with Crippen molar-refractivity contribution in [1.29, 1.82) is 0 Å². The number of benzene rings is 2. The maximum absolute atomic E-state index is 10.9. The van der Waals surface area contributed by atoms with Crippen LogP contribution in [0.5, 0.6) is 0 Å². The molecule has 2 unspecified atom stereocenters. The van der Waals surface area contributed by atoms with E-state index in [2.05, 4.69) is 0 Å². The summed E-state index contributed by atoms with van der Waals surface area (Å²) in [7, 11) is 0.166. The van der Waals surface area contributed by atoms with Crippen molar-refractivity contribution in [1.82, 2.24) is 0 Å². The van der Waals surface area contributed by atoms with Gasteiger partial charge in [-0.3, -0.25) is 9.46 Å².